The highest BCUT2D eigenvalue weighted by Crippen LogP contribution is 2.26. The fourth-order valence-electron chi connectivity index (χ4n) is 2.71. The Kier molecular flexibility index (Phi) is 6.12. The van der Waals surface area contributed by atoms with Crippen LogP contribution >= 0.6 is 11.8 Å². The van der Waals surface area contributed by atoms with Gasteiger partial charge in [-0.05, 0) is 31.5 Å². The number of allylic oxidation sites excluding steroid dienone is 1. The van der Waals surface area contributed by atoms with Crippen LogP contribution in [-0.4, -0.2) is 14.8 Å². The van der Waals surface area contributed by atoms with Crippen molar-refractivity contribution in [2.45, 2.75) is 37.4 Å². The van der Waals surface area contributed by atoms with E-state index in [2.05, 4.69) is 52.5 Å². The summed E-state index contributed by atoms with van der Waals surface area (Å²) in [6.45, 7) is 8.62. The molecule has 0 radical (unpaired) electrons. The van der Waals surface area contributed by atoms with Gasteiger partial charge in [0.05, 0.1) is 0 Å². The summed E-state index contributed by atoms with van der Waals surface area (Å²) in [6, 6.07) is 18.3. The maximum Gasteiger partial charge on any atom is 0.191 e. The van der Waals surface area contributed by atoms with Crippen LogP contribution in [0.4, 0.5) is 0 Å². The van der Waals surface area contributed by atoms with E-state index in [0.29, 0.717) is 6.54 Å². The first kappa shape index (κ1) is 18.3. The third-order valence-corrected chi connectivity index (χ3v) is 4.97. The van der Waals surface area contributed by atoms with Crippen LogP contribution in [0.3, 0.4) is 0 Å². The molecule has 0 saturated carbocycles. The zero-order valence-corrected chi connectivity index (χ0v) is 15.9. The summed E-state index contributed by atoms with van der Waals surface area (Å²) in [6.07, 6.45) is 1.66. The van der Waals surface area contributed by atoms with Crippen LogP contribution in [0.1, 0.15) is 30.0 Å². The summed E-state index contributed by atoms with van der Waals surface area (Å²) >= 11 is 1.68. The number of aromatic nitrogens is 3. The number of benzene rings is 2. The quantitative estimate of drug-likeness (QED) is 0.406. The molecular weight excluding hydrogens is 342 g/mol. The monoisotopic (exact) mass is 365 g/mol. The third-order valence-electron chi connectivity index (χ3n) is 3.93. The Bertz CT molecular complexity index is 861. The molecular formula is C21H23N3OS. The maximum atomic E-state index is 6.01. The maximum absolute atomic E-state index is 6.01. The lowest BCUT2D eigenvalue weighted by Crippen LogP contribution is -2.12. The predicted octanol–water partition coefficient (Wildman–Crippen LogP) is 5.20. The Morgan fingerprint density at radius 1 is 1.15 bits per heavy atom. The molecule has 0 fully saturated rings. The Hall–Kier alpha value is -2.53. The smallest absolute Gasteiger partial charge is 0.191 e. The molecule has 3 rings (SSSR count). The molecule has 2 aromatic carbocycles. The highest BCUT2D eigenvalue weighted by Gasteiger charge is 2.19. The van der Waals surface area contributed by atoms with Gasteiger partial charge in [-0.2, -0.15) is 0 Å². The van der Waals surface area contributed by atoms with Crippen molar-refractivity contribution in [3.8, 4) is 5.75 Å². The molecule has 0 spiro atoms. The van der Waals surface area contributed by atoms with E-state index in [-0.39, 0.29) is 6.10 Å². The molecule has 0 N–H and O–H groups in total. The fourth-order valence-corrected chi connectivity index (χ4v) is 3.61. The number of thioether (sulfide) groups is 1. The van der Waals surface area contributed by atoms with Crippen molar-refractivity contribution >= 4 is 11.8 Å². The molecule has 5 heteroatoms. The molecule has 0 aliphatic carbocycles. The van der Waals surface area contributed by atoms with Gasteiger partial charge >= 0.3 is 0 Å². The molecule has 0 amide bonds. The summed E-state index contributed by atoms with van der Waals surface area (Å²) in [5.41, 5.74) is 2.54. The number of hydrogen-bond acceptors (Lipinski definition) is 4. The van der Waals surface area contributed by atoms with Crippen LogP contribution in [0.15, 0.2) is 72.4 Å². The minimum atomic E-state index is -0.196. The van der Waals surface area contributed by atoms with Gasteiger partial charge in [0, 0.05) is 12.3 Å². The van der Waals surface area contributed by atoms with Crippen molar-refractivity contribution in [1.82, 2.24) is 14.8 Å². The van der Waals surface area contributed by atoms with Crippen molar-refractivity contribution in [2.75, 3.05) is 0 Å². The molecule has 0 unspecified atom stereocenters. The summed E-state index contributed by atoms with van der Waals surface area (Å²) < 4.78 is 8.08. The van der Waals surface area contributed by atoms with Crippen LogP contribution in [0, 0.1) is 6.92 Å². The Morgan fingerprint density at radius 3 is 2.69 bits per heavy atom. The summed E-state index contributed by atoms with van der Waals surface area (Å²) in [5.74, 6) is 2.48. The Morgan fingerprint density at radius 2 is 1.96 bits per heavy atom. The second-order valence-corrected chi connectivity index (χ2v) is 7.03. The SMILES string of the molecule is C=CCn1c(SCc2cccc(C)c2)nnc1[C@@H](C)Oc1ccccc1. The molecule has 0 bridgehead atoms. The first-order valence-corrected chi connectivity index (χ1v) is 9.60. The lowest BCUT2D eigenvalue weighted by molar-refractivity contribution is 0.210. The molecule has 1 aromatic heterocycles. The van der Waals surface area contributed by atoms with Gasteiger partial charge in [0.25, 0.3) is 0 Å². The van der Waals surface area contributed by atoms with Crippen LogP contribution in [0.25, 0.3) is 0 Å². The van der Waals surface area contributed by atoms with E-state index in [4.69, 9.17) is 4.74 Å². The van der Waals surface area contributed by atoms with Crippen molar-refractivity contribution in [2.24, 2.45) is 0 Å². The van der Waals surface area contributed by atoms with Gasteiger partial charge < -0.3 is 4.74 Å². The van der Waals surface area contributed by atoms with Gasteiger partial charge in [0.15, 0.2) is 17.1 Å². The summed E-state index contributed by atoms with van der Waals surface area (Å²) in [4.78, 5) is 0. The molecule has 3 aromatic rings. The van der Waals surface area contributed by atoms with E-state index >= 15 is 0 Å². The topological polar surface area (TPSA) is 39.9 Å². The highest BCUT2D eigenvalue weighted by atomic mass is 32.2. The number of aryl methyl sites for hydroxylation is 1. The standard InChI is InChI=1S/C21H23N3OS/c1-4-13-24-20(17(3)25-19-11-6-5-7-12-19)22-23-21(24)26-15-18-10-8-9-16(2)14-18/h4-12,14,17H,1,13,15H2,2-3H3/t17-/m1/s1. The fraction of sp³-hybridized carbons (Fsp3) is 0.238. The van der Waals surface area contributed by atoms with Gasteiger partial charge in [-0.25, -0.2) is 0 Å². The molecule has 0 saturated heterocycles. The van der Waals surface area contributed by atoms with Crippen LogP contribution in [-0.2, 0) is 12.3 Å². The lowest BCUT2D eigenvalue weighted by atomic mass is 10.2. The third kappa shape index (κ3) is 4.55. The van der Waals surface area contributed by atoms with E-state index in [1.54, 1.807) is 11.8 Å². The molecule has 4 nitrogen and oxygen atoms in total. The van der Waals surface area contributed by atoms with E-state index in [1.807, 2.05) is 43.3 Å². The van der Waals surface area contributed by atoms with Crippen LogP contribution < -0.4 is 4.74 Å². The van der Waals surface area contributed by atoms with Crippen molar-refractivity contribution < 1.29 is 4.74 Å². The van der Waals surface area contributed by atoms with Gasteiger partial charge in [-0.1, -0.05) is 65.9 Å². The Labute approximate surface area is 158 Å². The van der Waals surface area contributed by atoms with Crippen molar-refractivity contribution in [3.63, 3.8) is 0 Å². The average Bonchev–Trinajstić information content (AvgIpc) is 3.04. The van der Waals surface area contributed by atoms with E-state index < -0.39 is 0 Å². The normalized spacial score (nSPS) is 11.9. The van der Waals surface area contributed by atoms with Gasteiger partial charge in [-0.15, -0.1) is 16.8 Å². The number of rotatable bonds is 8. The average molecular weight is 366 g/mol. The van der Waals surface area contributed by atoms with Crippen LogP contribution in [0.2, 0.25) is 0 Å². The highest BCUT2D eigenvalue weighted by molar-refractivity contribution is 7.98. The van der Waals surface area contributed by atoms with Gasteiger partial charge in [0.2, 0.25) is 0 Å². The zero-order valence-electron chi connectivity index (χ0n) is 15.1. The van der Waals surface area contributed by atoms with Crippen molar-refractivity contribution in [3.05, 3.63) is 84.2 Å². The van der Waals surface area contributed by atoms with Crippen LogP contribution in [0.5, 0.6) is 5.75 Å². The van der Waals surface area contributed by atoms with Crippen molar-refractivity contribution in [1.29, 1.82) is 0 Å². The minimum Gasteiger partial charge on any atom is -0.483 e. The largest absolute Gasteiger partial charge is 0.483 e. The lowest BCUT2D eigenvalue weighted by Gasteiger charge is -2.15. The molecule has 134 valence electrons. The zero-order chi connectivity index (χ0) is 18.4. The summed E-state index contributed by atoms with van der Waals surface area (Å²) in [5, 5.41) is 9.64. The second-order valence-electron chi connectivity index (χ2n) is 6.09. The summed E-state index contributed by atoms with van der Waals surface area (Å²) in [7, 11) is 0. The van der Waals surface area contributed by atoms with E-state index in [0.717, 1.165) is 22.5 Å². The molecule has 1 atom stereocenters. The van der Waals surface area contributed by atoms with E-state index in [1.165, 1.54) is 11.1 Å². The molecule has 1 heterocycles. The first-order valence-electron chi connectivity index (χ1n) is 8.61. The number of para-hydroxylation sites is 1. The molecule has 0 aliphatic heterocycles. The Balaban J connectivity index is 1.75. The minimum absolute atomic E-state index is 0.196. The first-order chi connectivity index (χ1) is 12.7. The molecule has 26 heavy (non-hydrogen) atoms. The van der Waals surface area contributed by atoms with Gasteiger partial charge in [0.1, 0.15) is 5.75 Å². The molecule has 0 aliphatic rings. The number of nitrogens with zero attached hydrogens (tertiary/aromatic N) is 3. The number of ether oxygens (including phenoxy) is 1. The predicted molar refractivity (Wildman–Crippen MR) is 106 cm³/mol. The number of hydrogen-bond donors (Lipinski definition) is 0. The second kappa shape index (κ2) is 8.72. The van der Waals surface area contributed by atoms with Gasteiger partial charge in [-0.3, -0.25) is 4.57 Å². The van der Waals surface area contributed by atoms with E-state index in [9.17, 15) is 0 Å².